The predicted octanol–water partition coefficient (Wildman–Crippen LogP) is 4.00. The highest BCUT2D eigenvalue weighted by Gasteiger charge is 2.61. The number of nitro benzene ring substituents is 1. The molecular weight excluding hydrogens is 404 g/mol. The second-order valence-electron chi connectivity index (χ2n) is 7.31. The van der Waals surface area contributed by atoms with E-state index in [9.17, 15) is 14.9 Å². The van der Waals surface area contributed by atoms with Crippen molar-refractivity contribution in [1.82, 2.24) is 5.01 Å². The van der Waals surface area contributed by atoms with Crippen molar-refractivity contribution >= 4 is 34.3 Å². The number of nitro groups is 1. The summed E-state index contributed by atoms with van der Waals surface area (Å²) in [5.41, 5.74) is 0.983. The third-order valence-electron chi connectivity index (χ3n) is 5.71. The monoisotopic (exact) mass is 418 g/mol. The van der Waals surface area contributed by atoms with Crippen LogP contribution in [0.2, 0.25) is 0 Å². The Labute approximate surface area is 174 Å². The summed E-state index contributed by atoms with van der Waals surface area (Å²) in [5.74, 6) is 0.171. The van der Waals surface area contributed by atoms with Crippen molar-refractivity contribution in [2.24, 2.45) is 5.10 Å². The lowest BCUT2D eigenvalue weighted by Gasteiger charge is -2.43. The van der Waals surface area contributed by atoms with Gasteiger partial charge in [0.2, 0.25) is 0 Å². The summed E-state index contributed by atoms with van der Waals surface area (Å²) in [4.78, 5) is 25.3. The Balaban J connectivity index is 1.60. The molecule has 1 N–H and O–H groups in total. The Kier molecular flexibility index (Phi) is 3.37. The maximum atomic E-state index is 13.3. The Bertz CT molecular complexity index is 1260. The summed E-state index contributed by atoms with van der Waals surface area (Å²) in [6.07, 6.45) is 0.611. The van der Waals surface area contributed by atoms with E-state index < -0.39 is 16.6 Å². The van der Waals surface area contributed by atoms with Gasteiger partial charge >= 0.3 is 5.72 Å². The minimum absolute atomic E-state index is 0.106. The molecule has 4 heterocycles. The maximum absolute atomic E-state index is 13.3. The maximum Gasteiger partial charge on any atom is 0.306 e. The molecule has 0 saturated heterocycles. The van der Waals surface area contributed by atoms with Gasteiger partial charge in [0.05, 0.1) is 32.8 Å². The zero-order valence-electron chi connectivity index (χ0n) is 15.4. The van der Waals surface area contributed by atoms with Gasteiger partial charge in [-0.05, 0) is 23.6 Å². The Morgan fingerprint density at radius 3 is 2.90 bits per heavy atom. The molecule has 1 amide bonds. The van der Waals surface area contributed by atoms with Crippen LogP contribution in [0.25, 0.3) is 0 Å². The fourth-order valence-corrected chi connectivity index (χ4v) is 5.10. The molecule has 3 aliphatic heterocycles. The number of hydrogen-bond acceptors (Lipinski definition) is 7. The van der Waals surface area contributed by atoms with Gasteiger partial charge in [-0.3, -0.25) is 14.9 Å². The van der Waals surface area contributed by atoms with Crippen LogP contribution in [0.1, 0.15) is 28.5 Å². The van der Waals surface area contributed by atoms with Crippen LogP contribution in [-0.2, 0) is 10.5 Å². The molecule has 0 unspecified atom stereocenters. The van der Waals surface area contributed by atoms with Crippen LogP contribution in [0.5, 0.6) is 5.75 Å². The topological polar surface area (TPSA) is 97.1 Å². The highest BCUT2D eigenvalue weighted by Crippen LogP contribution is 2.54. The third-order valence-corrected chi connectivity index (χ3v) is 6.63. The Hall–Kier alpha value is -3.72. The zero-order valence-corrected chi connectivity index (χ0v) is 16.3. The van der Waals surface area contributed by atoms with Crippen LogP contribution in [0.15, 0.2) is 65.1 Å². The summed E-state index contributed by atoms with van der Waals surface area (Å²) in [7, 11) is 0. The van der Waals surface area contributed by atoms with Gasteiger partial charge in [0.15, 0.2) is 0 Å². The van der Waals surface area contributed by atoms with Crippen LogP contribution >= 0.6 is 11.3 Å². The first-order valence-electron chi connectivity index (χ1n) is 9.37. The number of carbonyl (C=O) groups is 1. The summed E-state index contributed by atoms with van der Waals surface area (Å²) in [5, 5.41) is 22.7. The van der Waals surface area contributed by atoms with Crippen LogP contribution in [0.3, 0.4) is 0 Å². The smallest absolute Gasteiger partial charge is 0.306 e. The Morgan fingerprint density at radius 2 is 2.10 bits per heavy atom. The molecule has 1 aromatic heterocycles. The number of thiophene rings is 1. The van der Waals surface area contributed by atoms with E-state index in [2.05, 4.69) is 5.32 Å². The van der Waals surface area contributed by atoms with E-state index in [4.69, 9.17) is 9.84 Å². The molecule has 148 valence electrons. The third kappa shape index (κ3) is 2.15. The molecule has 9 heteroatoms. The number of nitrogens with one attached hydrogen (secondary N) is 1. The quantitative estimate of drug-likeness (QED) is 0.501. The van der Waals surface area contributed by atoms with Crippen LogP contribution < -0.4 is 10.1 Å². The average Bonchev–Trinajstić information content (AvgIpc) is 3.47. The number of amides is 1. The van der Waals surface area contributed by atoms with E-state index in [1.54, 1.807) is 22.4 Å². The van der Waals surface area contributed by atoms with Crippen molar-refractivity contribution in [2.45, 2.75) is 18.2 Å². The van der Waals surface area contributed by atoms with Gasteiger partial charge in [-0.25, -0.2) is 5.01 Å². The summed E-state index contributed by atoms with van der Waals surface area (Å²) < 4.78 is 6.32. The van der Waals surface area contributed by atoms with Crippen molar-refractivity contribution in [1.29, 1.82) is 0 Å². The highest BCUT2D eigenvalue weighted by molar-refractivity contribution is 7.12. The number of non-ortho nitro benzene ring substituents is 1. The second kappa shape index (κ2) is 5.90. The zero-order chi connectivity index (χ0) is 20.5. The normalized spacial score (nSPS) is 23.3. The van der Waals surface area contributed by atoms with Crippen LogP contribution in [0, 0.1) is 10.1 Å². The molecule has 30 heavy (non-hydrogen) atoms. The fraction of sp³-hybridized carbons (Fsp3) is 0.143. The number of hydrazone groups is 1. The molecule has 0 aliphatic carbocycles. The van der Waals surface area contributed by atoms with Crippen molar-refractivity contribution < 1.29 is 14.5 Å². The predicted molar refractivity (Wildman–Crippen MR) is 111 cm³/mol. The Morgan fingerprint density at radius 1 is 1.23 bits per heavy atom. The number of benzene rings is 2. The van der Waals surface area contributed by atoms with Crippen molar-refractivity contribution in [2.75, 3.05) is 5.32 Å². The van der Waals surface area contributed by atoms with Gasteiger partial charge in [-0.2, -0.15) is 5.10 Å². The van der Waals surface area contributed by atoms with Crippen LogP contribution in [-0.4, -0.2) is 21.6 Å². The number of ether oxygens (including phenoxy) is 1. The van der Waals surface area contributed by atoms with Crippen molar-refractivity contribution in [3.05, 3.63) is 86.1 Å². The number of carbonyl (C=O) groups excluding carboxylic acids is 1. The summed E-state index contributed by atoms with van der Waals surface area (Å²) in [6.45, 7) is 0. The molecular formula is C21H14N4O4S. The standard InChI is InChI=1S/C21H14N4O4S/c26-20-21(14-10-12(25(27)28)7-8-15(14)22-20)24-17(13-4-1-2-5-18(13)29-21)11-16(23-24)19-6-3-9-30-19/h1-10,17H,11H2,(H,22,26)/t17-,21+/m1/s1. The van der Waals surface area contributed by atoms with E-state index in [0.29, 0.717) is 23.4 Å². The number of rotatable bonds is 2. The average molecular weight is 418 g/mol. The van der Waals surface area contributed by atoms with Gasteiger partial charge in [0, 0.05) is 24.1 Å². The van der Waals surface area contributed by atoms with Gasteiger partial charge in [-0.15, -0.1) is 11.3 Å². The van der Waals surface area contributed by atoms with Gasteiger partial charge in [0.25, 0.3) is 11.6 Å². The fourth-order valence-electron chi connectivity index (χ4n) is 4.38. The molecule has 2 aromatic carbocycles. The second-order valence-corrected chi connectivity index (χ2v) is 8.26. The largest absolute Gasteiger partial charge is 0.453 e. The van der Waals surface area contributed by atoms with E-state index in [0.717, 1.165) is 16.2 Å². The van der Waals surface area contributed by atoms with Crippen molar-refractivity contribution in [3.8, 4) is 5.75 Å². The van der Waals surface area contributed by atoms with E-state index >= 15 is 0 Å². The first kappa shape index (κ1) is 17.2. The molecule has 3 aliphatic rings. The molecule has 1 spiro atoms. The summed E-state index contributed by atoms with van der Waals surface area (Å²) in [6, 6.07) is 15.6. The molecule has 6 rings (SSSR count). The number of fused-ring (bicyclic) bond motifs is 6. The van der Waals surface area contributed by atoms with Crippen LogP contribution in [0.4, 0.5) is 11.4 Å². The van der Waals surface area contributed by atoms with Gasteiger partial charge < -0.3 is 10.1 Å². The number of nitrogens with zero attached hydrogens (tertiary/aromatic N) is 3. The van der Waals surface area contributed by atoms with Gasteiger partial charge in [-0.1, -0.05) is 24.3 Å². The van der Waals surface area contributed by atoms with Crippen molar-refractivity contribution in [3.63, 3.8) is 0 Å². The minimum atomic E-state index is -1.60. The lowest BCUT2D eigenvalue weighted by atomic mass is 9.93. The lowest BCUT2D eigenvalue weighted by molar-refractivity contribution is -0.385. The molecule has 0 saturated carbocycles. The molecule has 2 atom stereocenters. The minimum Gasteiger partial charge on any atom is -0.453 e. The highest BCUT2D eigenvalue weighted by atomic mass is 32.1. The molecule has 8 nitrogen and oxygen atoms in total. The summed E-state index contributed by atoms with van der Waals surface area (Å²) >= 11 is 1.58. The molecule has 0 radical (unpaired) electrons. The molecule has 3 aromatic rings. The number of hydrogen-bond donors (Lipinski definition) is 1. The molecule has 0 fully saturated rings. The van der Waals surface area contributed by atoms with E-state index in [1.807, 2.05) is 41.8 Å². The first-order chi connectivity index (χ1) is 14.6. The molecule has 0 bridgehead atoms. The van der Waals surface area contributed by atoms with Gasteiger partial charge in [0.1, 0.15) is 5.75 Å². The van der Waals surface area contributed by atoms with E-state index in [-0.39, 0.29) is 11.7 Å². The lowest BCUT2D eigenvalue weighted by Crippen LogP contribution is -2.55. The number of anilines is 1. The van der Waals surface area contributed by atoms with E-state index in [1.165, 1.54) is 12.1 Å². The first-order valence-corrected chi connectivity index (χ1v) is 10.2. The number of para-hydroxylation sites is 1. The SMILES string of the molecule is O=C1Nc2ccc([N+](=O)[O-])cc2[C@]12Oc1ccccc1[C@H]1CC(c3cccs3)=NN12.